The molecule has 7 nitrogen and oxygen atoms in total. The third kappa shape index (κ3) is 5.89. The molecule has 1 aromatic heterocycles. The van der Waals surface area contributed by atoms with Gasteiger partial charge in [0.05, 0.1) is 12.0 Å². The number of rotatable bonds is 10. The van der Waals surface area contributed by atoms with Crippen molar-refractivity contribution in [3.05, 3.63) is 53.9 Å². The molecule has 2 unspecified atom stereocenters. The number of imidazole rings is 1. The van der Waals surface area contributed by atoms with E-state index in [4.69, 9.17) is 0 Å². The van der Waals surface area contributed by atoms with E-state index in [-0.39, 0.29) is 18.3 Å². The van der Waals surface area contributed by atoms with E-state index in [0.717, 1.165) is 5.56 Å². The van der Waals surface area contributed by atoms with Gasteiger partial charge in [-0.1, -0.05) is 26.0 Å². The van der Waals surface area contributed by atoms with Crippen molar-refractivity contribution in [2.45, 2.75) is 38.8 Å². The van der Waals surface area contributed by atoms with Gasteiger partial charge >= 0.3 is 11.9 Å². The van der Waals surface area contributed by atoms with Crippen molar-refractivity contribution in [1.29, 1.82) is 0 Å². The number of aliphatic carboxylic acids is 2. The summed E-state index contributed by atoms with van der Waals surface area (Å²) in [6.07, 6.45) is 3.37. The maximum Gasteiger partial charge on any atom is 0.320 e. The van der Waals surface area contributed by atoms with E-state index in [9.17, 15) is 24.2 Å². The minimum absolute atomic E-state index is 0.0336. The van der Waals surface area contributed by atoms with Gasteiger partial charge < -0.3 is 20.1 Å². The lowest BCUT2D eigenvalue weighted by molar-refractivity contribution is -0.142. The molecule has 2 aromatic rings. The van der Waals surface area contributed by atoms with Crippen LogP contribution in [0, 0.1) is 11.7 Å². The van der Waals surface area contributed by atoms with Gasteiger partial charge in [0, 0.05) is 19.3 Å². The summed E-state index contributed by atoms with van der Waals surface area (Å²) in [5, 5.41) is 21.8. The number of carboxylic acids is 2. The van der Waals surface area contributed by atoms with Gasteiger partial charge in [-0.2, -0.15) is 0 Å². The quantitative estimate of drug-likeness (QED) is 0.587. The Morgan fingerprint density at radius 3 is 2.41 bits per heavy atom. The lowest BCUT2D eigenvalue weighted by Gasteiger charge is -2.20. The molecule has 8 heteroatoms. The number of nitrogens with one attached hydrogen (secondary N) is 1. The van der Waals surface area contributed by atoms with Crippen LogP contribution in [0.5, 0.6) is 0 Å². The minimum atomic E-state index is -1.07. The summed E-state index contributed by atoms with van der Waals surface area (Å²) in [7, 11) is 0. The third-order valence-electron chi connectivity index (χ3n) is 4.24. The van der Waals surface area contributed by atoms with Crippen molar-refractivity contribution in [1.82, 2.24) is 14.9 Å². The summed E-state index contributed by atoms with van der Waals surface area (Å²) in [6, 6.07) is 5.10. The van der Waals surface area contributed by atoms with E-state index in [1.54, 1.807) is 16.7 Å². The Kier molecular flexibility index (Phi) is 7.06. The SMILES string of the molecule is CC(C)CC(NCC(C(=O)O)c1cncn1Cc1ccc(F)cc1)C(=O)O. The molecule has 1 aromatic carbocycles. The van der Waals surface area contributed by atoms with Gasteiger partial charge in [-0.3, -0.25) is 9.59 Å². The first-order valence-electron chi connectivity index (χ1n) is 8.71. The number of hydrogen-bond donors (Lipinski definition) is 3. The average Bonchev–Trinajstić information content (AvgIpc) is 3.03. The second-order valence-corrected chi connectivity index (χ2v) is 6.89. The van der Waals surface area contributed by atoms with Crippen molar-refractivity contribution >= 4 is 11.9 Å². The maximum atomic E-state index is 13.1. The molecule has 146 valence electrons. The Labute approximate surface area is 156 Å². The van der Waals surface area contributed by atoms with E-state index in [1.165, 1.54) is 24.7 Å². The molecule has 2 rings (SSSR count). The highest BCUT2D eigenvalue weighted by molar-refractivity contribution is 5.76. The molecular weight excluding hydrogens is 353 g/mol. The highest BCUT2D eigenvalue weighted by Crippen LogP contribution is 2.18. The maximum absolute atomic E-state index is 13.1. The number of aromatic nitrogens is 2. The standard InChI is InChI=1S/C19H24FN3O4/c1-12(2)7-16(19(26)27)22-8-15(18(24)25)17-9-21-11-23(17)10-13-3-5-14(20)6-4-13/h3-6,9,11-12,15-16,22H,7-8,10H2,1-2H3,(H,24,25)(H,26,27). The molecule has 27 heavy (non-hydrogen) atoms. The minimum Gasteiger partial charge on any atom is -0.481 e. The zero-order valence-electron chi connectivity index (χ0n) is 15.3. The van der Waals surface area contributed by atoms with E-state index >= 15 is 0 Å². The number of nitrogens with zero attached hydrogens (tertiary/aromatic N) is 2. The Balaban J connectivity index is 2.15. The molecule has 0 aliphatic carbocycles. The molecule has 0 aliphatic rings. The van der Waals surface area contributed by atoms with Crippen molar-refractivity contribution in [2.24, 2.45) is 5.92 Å². The van der Waals surface area contributed by atoms with Gasteiger partial charge in [0.2, 0.25) is 0 Å². The van der Waals surface area contributed by atoms with Crippen LogP contribution in [0.1, 0.15) is 37.4 Å². The molecule has 0 saturated carbocycles. The predicted molar refractivity (Wildman–Crippen MR) is 97.0 cm³/mol. The molecule has 3 N–H and O–H groups in total. The second kappa shape index (κ2) is 9.27. The molecule has 2 atom stereocenters. The summed E-state index contributed by atoms with van der Waals surface area (Å²) >= 11 is 0. The van der Waals surface area contributed by atoms with E-state index in [1.807, 2.05) is 13.8 Å². The van der Waals surface area contributed by atoms with Gasteiger partial charge in [-0.15, -0.1) is 0 Å². The summed E-state index contributed by atoms with van der Waals surface area (Å²) in [5.41, 5.74) is 1.25. The first-order valence-corrected chi connectivity index (χ1v) is 8.71. The molecule has 0 radical (unpaired) electrons. The summed E-state index contributed by atoms with van der Waals surface area (Å²) < 4.78 is 14.7. The van der Waals surface area contributed by atoms with Crippen LogP contribution in [0.25, 0.3) is 0 Å². The second-order valence-electron chi connectivity index (χ2n) is 6.89. The van der Waals surface area contributed by atoms with E-state index < -0.39 is 23.9 Å². The first-order chi connectivity index (χ1) is 12.8. The Hall–Kier alpha value is -2.74. The van der Waals surface area contributed by atoms with Gasteiger partial charge in [-0.05, 0) is 30.0 Å². The smallest absolute Gasteiger partial charge is 0.320 e. The van der Waals surface area contributed by atoms with Gasteiger partial charge in [0.1, 0.15) is 17.8 Å². The van der Waals surface area contributed by atoms with E-state index in [2.05, 4.69) is 10.3 Å². The number of benzene rings is 1. The predicted octanol–water partition coefficient (Wildman–Crippen LogP) is 2.33. The van der Waals surface area contributed by atoms with Crippen LogP contribution in [0.2, 0.25) is 0 Å². The van der Waals surface area contributed by atoms with Gasteiger partial charge in [0.15, 0.2) is 0 Å². The Morgan fingerprint density at radius 2 is 1.85 bits per heavy atom. The van der Waals surface area contributed by atoms with Crippen LogP contribution >= 0.6 is 0 Å². The number of carbonyl (C=O) groups is 2. The molecule has 0 bridgehead atoms. The molecule has 0 fully saturated rings. The highest BCUT2D eigenvalue weighted by Gasteiger charge is 2.27. The topological polar surface area (TPSA) is 104 Å². The highest BCUT2D eigenvalue weighted by atomic mass is 19.1. The third-order valence-corrected chi connectivity index (χ3v) is 4.24. The summed E-state index contributed by atoms with van der Waals surface area (Å²) in [4.78, 5) is 27.2. The van der Waals surface area contributed by atoms with Gasteiger partial charge in [-0.25, -0.2) is 9.37 Å². The van der Waals surface area contributed by atoms with Crippen LogP contribution < -0.4 is 5.32 Å². The van der Waals surface area contributed by atoms with E-state index in [0.29, 0.717) is 18.7 Å². The monoisotopic (exact) mass is 377 g/mol. The molecule has 0 saturated heterocycles. The number of carboxylic acid groups (broad SMARTS) is 2. The van der Waals surface area contributed by atoms with Crippen molar-refractivity contribution < 1.29 is 24.2 Å². The normalized spacial score (nSPS) is 13.5. The molecular formula is C19H24FN3O4. The van der Waals surface area contributed by atoms with Gasteiger partial charge in [0.25, 0.3) is 0 Å². The number of halogens is 1. The van der Waals surface area contributed by atoms with Crippen LogP contribution in [-0.2, 0) is 16.1 Å². The van der Waals surface area contributed by atoms with Crippen molar-refractivity contribution in [3.8, 4) is 0 Å². The fraction of sp³-hybridized carbons (Fsp3) is 0.421. The zero-order chi connectivity index (χ0) is 20.0. The van der Waals surface area contributed by atoms with Crippen LogP contribution in [0.15, 0.2) is 36.8 Å². The Bertz CT molecular complexity index is 774. The first kappa shape index (κ1) is 20.6. The van der Waals surface area contributed by atoms with Crippen LogP contribution in [0.4, 0.5) is 4.39 Å². The zero-order valence-corrected chi connectivity index (χ0v) is 15.3. The fourth-order valence-electron chi connectivity index (χ4n) is 2.86. The van der Waals surface area contributed by atoms with Crippen molar-refractivity contribution in [3.63, 3.8) is 0 Å². The van der Waals surface area contributed by atoms with Crippen LogP contribution in [-0.4, -0.2) is 44.3 Å². The molecule has 0 spiro atoms. The summed E-state index contributed by atoms with van der Waals surface area (Å²) in [6.45, 7) is 4.12. The fourth-order valence-corrected chi connectivity index (χ4v) is 2.86. The average molecular weight is 377 g/mol. The lowest BCUT2D eigenvalue weighted by atomic mass is 10.0. The van der Waals surface area contributed by atoms with Crippen molar-refractivity contribution in [2.75, 3.05) is 6.54 Å². The molecule has 1 heterocycles. The Morgan fingerprint density at radius 1 is 1.19 bits per heavy atom. The van der Waals surface area contributed by atoms with Crippen LogP contribution in [0.3, 0.4) is 0 Å². The summed E-state index contributed by atoms with van der Waals surface area (Å²) in [5.74, 6) is -3.22. The largest absolute Gasteiger partial charge is 0.481 e. The molecule has 0 amide bonds. The number of hydrogen-bond acceptors (Lipinski definition) is 4. The molecule has 0 aliphatic heterocycles. The lowest BCUT2D eigenvalue weighted by Crippen LogP contribution is -2.41.